The van der Waals surface area contributed by atoms with Gasteiger partial charge in [0, 0.05) is 11.1 Å². The number of aromatic nitrogens is 1. The Labute approximate surface area is 191 Å². The van der Waals surface area contributed by atoms with E-state index in [-0.39, 0.29) is 36.3 Å². The van der Waals surface area contributed by atoms with Gasteiger partial charge in [-0.1, -0.05) is 96.1 Å². The van der Waals surface area contributed by atoms with Crippen LogP contribution < -0.4 is 14.2 Å². The molecule has 4 aromatic rings. The second-order valence-electron chi connectivity index (χ2n) is 7.12. The lowest BCUT2D eigenvalue weighted by molar-refractivity contribution is 0.224. The summed E-state index contributed by atoms with van der Waals surface area (Å²) in [7, 11) is 0. The van der Waals surface area contributed by atoms with Crippen molar-refractivity contribution in [3.63, 3.8) is 0 Å². The van der Waals surface area contributed by atoms with Crippen LogP contribution in [0.15, 0.2) is 102 Å². The minimum Gasteiger partial charge on any atom is -0.484 e. The zero-order valence-electron chi connectivity index (χ0n) is 17.9. The van der Waals surface area contributed by atoms with Crippen LogP contribution in [0.1, 0.15) is 16.7 Å². The molecule has 1 aromatic heterocycles. The van der Waals surface area contributed by atoms with E-state index >= 15 is 0 Å². The Morgan fingerprint density at radius 3 is 1.58 bits per heavy atom. The number of hydrogen-bond acceptors (Lipinski definition) is 5. The molecular formula is C26H22N4O3. The fourth-order valence-corrected chi connectivity index (χ4v) is 3.12. The third-order valence-corrected chi connectivity index (χ3v) is 4.76. The van der Waals surface area contributed by atoms with Crippen LogP contribution in [-0.2, 0) is 19.8 Å². The first-order valence-corrected chi connectivity index (χ1v) is 10.4. The molecule has 7 heteroatoms. The highest BCUT2D eigenvalue weighted by Gasteiger charge is 2.20. The molecule has 0 amide bonds. The Kier molecular flexibility index (Phi) is 7.40. The Morgan fingerprint density at radius 2 is 1.09 bits per heavy atom. The van der Waals surface area contributed by atoms with Gasteiger partial charge in [0.2, 0.25) is 5.75 Å². The molecule has 0 unspecified atom stereocenters. The van der Waals surface area contributed by atoms with Crippen molar-refractivity contribution in [2.24, 2.45) is 5.11 Å². The predicted octanol–water partition coefficient (Wildman–Crippen LogP) is 6.76. The molecule has 0 fully saturated rings. The molecule has 0 atom stereocenters. The first kappa shape index (κ1) is 21.7. The molecule has 3 aromatic carbocycles. The van der Waals surface area contributed by atoms with Crippen LogP contribution in [-0.4, -0.2) is 4.98 Å². The van der Waals surface area contributed by atoms with Crippen LogP contribution in [0.4, 0.5) is 5.69 Å². The number of azide groups is 1. The van der Waals surface area contributed by atoms with Crippen molar-refractivity contribution in [3.8, 4) is 17.4 Å². The number of benzene rings is 3. The van der Waals surface area contributed by atoms with Gasteiger partial charge in [-0.25, -0.2) is 4.98 Å². The quantitative estimate of drug-likeness (QED) is 0.155. The number of ether oxygens (including phenoxy) is 3. The van der Waals surface area contributed by atoms with Gasteiger partial charge in [0.15, 0.2) is 5.75 Å². The summed E-state index contributed by atoms with van der Waals surface area (Å²) >= 11 is 0. The third kappa shape index (κ3) is 6.03. The highest BCUT2D eigenvalue weighted by molar-refractivity contribution is 5.62. The average Bonchev–Trinajstić information content (AvgIpc) is 2.88. The second kappa shape index (κ2) is 11.2. The van der Waals surface area contributed by atoms with Crippen molar-refractivity contribution in [1.29, 1.82) is 0 Å². The van der Waals surface area contributed by atoms with E-state index in [0.29, 0.717) is 6.61 Å². The fraction of sp³-hybridized carbons (Fsp3) is 0.115. The molecule has 0 aliphatic heterocycles. The molecule has 0 aliphatic rings. The zero-order valence-corrected chi connectivity index (χ0v) is 17.9. The molecule has 33 heavy (non-hydrogen) atoms. The Balaban J connectivity index is 1.66. The Hall–Kier alpha value is -4.48. The summed E-state index contributed by atoms with van der Waals surface area (Å²) < 4.78 is 18.2. The van der Waals surface area contributed by atoms with Crippen LogP contribution >= 0.6 is 0 Å². The first-order valence-electron chi connectivity index (χ1n) is 10.4. The summed E-state index contributed by atoms with van der Waals surface area (Å²) in [5.74, 6) is 0.830. The maximum Gasteiger partial charge on any atom is 0.261 e. The molecule has 0 bridgehead atoms. The summed E-state index contributed by atoms with van der Waals surface area (Å²) in [6, 6.07) is 29.2. The van der Waals surface area contributed by atoms with Gasteiger partial charge in [0.05, 0.1) is 0 Å². The summed E-state index contributed by atoms with van der Waals surface area (Å²) in [5, 5.41) is 3.75. The van der Waals surface area contributed by atoms with E-state index in [1.165, 1.54) is 6.20 Å². The van der Waals surface area contributed by atoms with Crippen LogP contribution in [0.2, 0.25) is 0 Å². The molecule has 7 nitrogen and oxygen atoms in total. The second-order valence-corrected chi connectivity index (χ2v) is 7.12. The molecule has 164 valence electrons. The van der Waals surface area contributed by atoms with Crippen molar-refractivity contribution in [1.82, 2.24) is 4.98 Å². The maximum absolute atomic E-state index is 9.05. The molecule has 1 heterocycles. The third-order valence-electron chi connectivity index (χ3n) is 4.76. The van der Waals surface area contributed by atoms with E-state index < -0.39 is 0 Å². The number of rotatable bonds is 10. The van der Waals surface area contributed by atoms with E-state index in [2.05, 4.69) is 15.0 Å². The smallest absolute Gasteiger partial charge is 0.261 e. The fourth-order valence-electron chi connectivity index (χ4n) is 3.12. The first-order chi connectivity index (χ1) is 16.3. The largest absolute Gasteiger partial charge is 0.484 e. The number of hydrogen-bond donors (Lipinski definition) is 0. The normalized spacial score (nSPS) is 10.2. The van der Waals surface area contributed by atoms with Crippen molar-refractivity contribution >= 4 is 5.69 Å². The van der Waals surface area contributed by atoms with E-state index in [9.17, 15) is 0 Å². The van der Waals surface area contributed by atoms with Gasteiger partial charge in [0.25, 0.3) is 5.88 Å². The average molecular weight is 438 g/mol. The van der Waals surface area contributed by atoms with E-state index in [4.69, 9.17) is 19.7 Å². The van der Waals surface area contributed by atoms with Crippen molar-refractivity contribution < 1.29 is 14.2 Å². The molecular weight excluding hydrogens is 416 g/mol. The Bertz CT molecular complexity index is 1210. The maximum atomic E-state index is 9.05. The summed E-state index contributed by atoms with van der Waals surface area (Å²) in [5.41, 5.74) is 12.2. The monoisotopic (exact) mass is 438 g/mol. The minimum absolute atomic E-state index is 0.226. The topological polar surface area (TPSA) is 89.3 Å². The van der Waals surface area contributed by atoms with Gasteiger partial charge in [-0.2, -0.15) is 0 Å². The van der Waals surface area contributed by atoms with Crippen molar-refractivity contribution in [3.05, 3.63) is 124 Å². The summed E-state index contributed by atoms with van der Waals surface area (Å²) in [4.78, 5) is 7.26. The van der Waals surface area contributed by atoms with Crippen LogP contribution in [0.25, 0.3) is 10.4 Å². The summed E-state index contributed by atoms with van der Waals surface area (Å²) in [6.07, 6.45) is 1.43. The number of nitrogens with zero attached hydrogens (tertiary/aromatic N) is 4. The van der Waals surface area contributed by atoms with Gasteiger partial charge >= 0.3 is 0 Å². The molecule has 0 aliphatic carbocycles. The lowest BCUT2D eigenvalue weighted by Gasteiger charge is -2.18. The standard InChI is InChI=1S/C26H22N4O3/c27-30-29-23-16-28-26(33-19-22-14-8-3-9-15-22)25(32-18-21-12-6-2-7-13-21)24(23)31-17-20-10-4-1-5-11-20/h1-16H,17-19H2. The molecule has 0 radical (unpaired) electrons. The molecule has 0 saturated carbocycles. The molecule has 0 spiro atoms. The molecule has 4 rings (SSSR count). The van der Waals surface area contributed by atoms with Crippen LogP contribution in [0, 0.1) is 0 Å². The van der Waals surface area contributed by atoms with E-state index in [1.807, 2.05) is 91.0 Å². The van der Waals surface area contributed by atoms with E-state index in [1.54, 1.807) is 0 Å². The van der Waals surface area contributed by atoms with Crippen molar-refractivity contribution in [2.45, 2.75) is 19.8 Å². The minimum atomic E-state index is 0.226. The van der Waals surface area contributed by atoms with Gasteiger partial charge in [-0.15, -0.1) is 0 Å². The van der Waals surface area contributed by atoms with Crippen LogP contribution in [0.3, 0.4) is 0 Å². The SMILES string of the molecule is [N-]=[N+]=Nc1cnc(OCc2ccccc2)c(OCc2ccccc2)c1OCc1ccccc1. The van der Waals surface area contributed by atoms with Crippen LogP contribution in [0.5, 0.6) is 17.4 Å². The molecule has 0 saturated heterocycles. The highest BCUT2D eigenvalue weighted by Crippen LogP contribution is 2.44. The van der Waals surface area contributed by atoms with Gasteiger partial charge < -0.3 is 14.2 Å². The van der Waals surface area contributed by atoms with Gasteiger partial charge in [0.1, 0.15) is 25.5 Å². The van der Waals surface area contributed by atoms with Gasteiger partial charge in [-0.3, -0.25) is 0 Å². The van der Waals surface area contributed by atoms with Crippen molar-refractivity contribution in [2.75, 3.05) is 0 Å². The Morgan fingerprint density at radius 1 is 0.636 bits per heavy atom. The molecule has 0 N–H and O–H groups in total. The van der Waals surface area contributed by atoms with E-state index in [0.717, 1.165) is 16.7 Å². The predicted molar refractivity (Wildman–Crippen MR) is 125 cm³/mol. The highest BCUT2D eigenvalue weighted by atomic mass is 16.5. The number of pyridine rings is 1. The summed E-state index contributed by atoms with van der Waals surface area (Å²) in [6.45, 7) is 0.832. The zero-order chi connectivity index (χ0) is 22.7. The lowest BCUT2D eigenvalue weighted by atomic mass is 10.2. The lowest BCUT2D eigenvalue weighted by Crippen LogP contribution is -2.05. The van der Waals surface area contributed by atoms with Gasteiger partial charge in [-0.05, 0) is 22.2 Å².